The number of aromatic nitrogens is 2. The zero-order valence-corrected chi connectivity index (χ0v) is 20.8. The molecule has 5 rings (SSSR count). The number of rotatable bonds is 9. The van der Waals surface area contributed by atoms with Gasteiger partial charge in [0.2, 0.25) is 0 Å². The van der Waals surface area contributed by atoms with Crippen LogP contribution < -0.4 is 5.32 Å². The Morgan fingerprint density at radius 2 is 1.81 bits per heavy atom. The summed E-state index contributed by atoms with van der Waals surface area (Å²) < 4.78 is 15.6. The van der Waals surface area contributed by atoms with Gasteiger partial charge in [-0.05, 0) is 73.1 Å². The monoisotopic (exact) mass is 504 g/mol. The van der Waals surface area contributed by atoms with E-state index in [9.17, 15) is 14.0 Å². The number of hydrogen-bond acceptors (Lipinski definition) is 5. The number of carbonyl (C=O) groups excluding carboxylic acids is 2. The second-order valence-corrected chi connectivity index (χ2v) is 10.2. The Labute approximate surface area is 213 Å². The zero-order chi connectivity index (χ0) is 24.9. The van der Waals surface area contributed by atoms with Crippen molar-refractivity contribution >= 4 is 34.1 Å². The molecule has 0 spiro atoms. The molecule has 0 radical (unpaired) electrons. The number of likely N-dealkylation sites (tertiary alicyclic amines) is 1. The predicted molar refractivity (Wildman–Crippen MR) is 140 cm³/mol. The van der Waals surface area contributed by atoms with Crippen molar-refractivity contribution in [2.45, 2.75) is 25.8 Å². The topological polar surface area (TPSA) is 67.2 Å². The van der Waals surface area contributed by atoms with Crippen LogP contribution in [-0.4, -0.2) is 52.3 Å². The fraction of sp³-hybridized carbons (Fsp3) is 0.321. The Balaban J connectivity index is 1.15. The number of benzene rings is 2. The minimum absolute atomic E-state index is 0.227. The summed E-state index contributed by atoms with van der Waals surface area (Å²) >= 11 is 1.28. The van der Waals surface area contributed by atoms with E-state index in [4.69, 9.17) is 4.98 Å². The van der Waals surface area contributed by atoms with Gasteiger partial charge in [-0.25, -0.2) is 9.37 Å². The number of hydrogen-bond donors (Lipinski definition) is 1. The first kappa shape index (κ1) is 24.3. The van der Waals surface area contributed by atoms with Crippen molar-refractivity contribution in [3.05, 3.63) is 88.1 Å². The SMILES string of the molecule is O=C(NCCN1CCC(Cc2nc3ccccc3n2Cc2ccc(F)cc2)CC1)C(=O)c1cccs1. The van der Waals surface area contributed by atoms with Gasteiger partial charge < -0.3 is 14.8 Å². The number of nitrogens with zero attached hydrogens (tertiary/aromatic N) is 3. The van der Waals surface area contributed by atoms with Gasteiger partial charge in [-0.3, -0.25) is 9.59 Å². The largest absolute Gasteiger partial charge is 0.348 e. The van der Waals surface area contributed by atoms with Gasteiger partial charge in [0, 0.05) is 26.1 Å². The number of Topliss-reactive ketones (excluding diaryl/α,β-unsaturated/α-hetero) is 1. The average Bonchev–Trinajstić information content (AvgIpc) is 3.55. The van der Waals surface area contributed by atoms with Crippen LogP contribution in [0, 0.1) is 11.7 Å². The highest BCUT2D eigenvalue weighted by Crippen LogP contribution is 2.25. The molecule has 6 nitrogen and oxygen atoms in total. The van der Waals surface area contributed by atoms with Gasteiger partial charge >= 0.3 is 0 Å². The van der Waals surface area contributed by atoms with Gasteiger partial charge in [0.25, 0.3) is 11.7 Å². The summed E-state index contributed by atoms with van der Waals surface area (Å²) in [5.41, 5.74) is 3.14. The summed E-state index contributed by atoms with van der Waals surface area (Å²) in [4.78, 5) is 31.9. The normalized spacial score (nSPS) is 14.8. The Bertz CT molecular complexity index is 1330. The first-order valence-electron chi connectivity index (χ1n) is 12.3. The number of amides is 1. The van der Waals surface area contributed by atoms with Crippen LogP contribution in [-0.2, 0) is 17.8 Å². The molecule has 36 heavy (non-hydrogen) atoms. The Kier molecular flexibility index (Phi) is 7.53. The molecule has 0 aliphatic carbocycles. The van der Waals surface area contributed by atoms with Gasteiger partial charge in [0.1, 0.15) is 11.6 Å². The molecule has 1 fully saturated rings. The highest BCUT2D eigenvalue weighted by molar-refractivity contribution is 7.13. The van der Waals surface area contributed by atoms with Crippen molar-refractivity contribution in [1.29, 1.82) is 0 Å². The smallest absolute Gasteiger partial charge is 0.293 e. The molecule has 0 unspecified atom stereocenters. The van der Waals surface area contributed by atoms with E-state index < -0.39 is 11.7 Å². The van der Waals surface area contributed by atoms with E-state index in [1.54, 1.807) is 17.5 Å². The number of nitrogens with one attached hydrogen (secondary N) is 1. The fourth-order valence-corrected chi connectivity index (χ4v) is 5.49. The summed E-state index contributed by atoms with van der Waals surface area (Å²) in [5.74, 6) is 0.368. The van der Waals surface area contributed by atoms with Gasteiger partial charge in [-0.15, -0.1) is 11.3 Å². The van der Waals surface area contributed by atoms with E-state index in [2.05, 4.69) is 20.9 Å². The minimum atomic E-state index is -0.535. The lowest BCUT2D eigenvalue weighted by Gasteiger charge is -2.31. The summed E-state index contributed by atoms with van der Waals surface area (Å²) in [6.45, 7) is 3.78. The second-order valence-electron chi connectivity index (χ2n) is 9.28. The highest BCUT2D eigenvalue weighted by Gasteiger charge is 2.23. The standard InChI is InChI=1S/C28H29FN4O2S/c29-22-9-7-21(8-10-22)19-33-24-5-2-1-4-23(24)31-26(33)18-20-11-14-32(15-12-20)16-13-30-28(35)27(34)25-6-3-17-36-25/h1-10,17,20H,11-16,18-19H2,(H,30,35). The molecule has 1 saturated heterocycles. The van der Waals surface area contributed by atoms with Crippen LogP contribution in [0.15, 0.2) is 66.0 Å². The Morgan fingerprint density at radius 3 is 2.56 bits per heavy atom. The van der Waals surface area contributed by atoms with Crippen molar-refractivity contribution in [2.24, 2.45) is 5.92 Å². The molecule has 1 N–H and O–H groups in total. The molecule has 0 saturated carbocycles. The second kappa shape index (κ2) is 11.1. The highest BCUT2D eigenvalue weighted by atomic mass is 32.1. The third-order valence-corrected chi connectivity index (χ3v) is 7.70. The molecule has 2 aromatic carbocycles. The van der Waals surface area contributed by atoms with Crippen molar-refractivity contribution < 1.29 is 14.0 Å². The number of ketones is 1. The number of imidazole rings is 1. The first-order chi connectivity index (χ1) is 17.6. The number of para-hydroxylation sites is 2. The van der Waals surface area contributed by atoms with Gasteiger partial charge in [-0.2, -0.15) is 0 Å². The lowest BCUT2D eigenvalue weighted by atomic mass is 9.93. The lowest BCUT2D eigenvalue weighted by molar-refractivity contribution is -0.117. The molecule has 0 bridgehead atoms. The summed E-state index contributed by atoms with van der Waals surface area (Å²) in [6.07, 6.45) is 3.01. The van der Waals surface area contributed by atoms with E-state index in [1.807, 2.05) is 30.3 Å². The van der Waals surface area contributed by atoms with Crippen LogP contribution in [0.3, 0.4) is 0 Å². The summed E-state index contributed by atoms with van der Waals surface area (Å²) in [6, 6.07) is 18.3. The maximum Gasteiger partial charge on any atom is 0.293 e. The molecule has 1 amide bonds. The molecular formula is C28H29FN4O2S. The molecule has 8 heteroatoms. The maximum absolute atomic E-state index is 13.4. The van der Waals surface area contributed by atoms with E-state index in [0.29, 0.717) is 23.9 Å². The van der Waals surface area contributed by atoms with Crippen molar-refractivity contribution in [2.75, 3.05) is 26.2 Å². The van der Waals surface area contributed by atoms with Gasteiger partial charge in [0.15, 0.2) is 0 Å². The average molecular weight is 505 g/mol. The third-order valence-electron chi connectivity index (χ3n) is 6.83. The van der Waals surface area contributed by atoms with Gasteiger partial charge in [0.05, 0.1) is 15.9 Å². The summed E-state index contributed by atoms with van der Waals surface area (Å²) in [5, 5.41) is 4.55. The molecule has 1 aliphatic rings. The maximum atomic E-state index is 13.4. The van der Waals surface area contributed by atoms with Crippen LogP contribution in [0.25, 0.3) is 11.0 Å². The summed E-state index contributed by atoms with van der Waals surface area (Å²) in [7, 11) is 0. The van der Waals surface area contributed by atoms with E-state index in [-0.39, 0.29) is 5.82 Å². The van der Waals surface area contributed by atoms with Crippen LogP contribution in [0.5, 0.6) is 0 Å². The number of thiophene rings is 1. The van der Waals surface area contributed by atoms with Crippen molar-refractivity contribution in [3.63, 3.8) is 0 Å². The minimum Gasteiger partial charge on any atom is -0.348 e. The molecule has 3 heterocycles. The lowest BCUT2D eigenvalue weighted by Crippen LogP contribution is -2.41. The predicted octanol–water partition coefficient (Wildman–Crippen LogP) is 4.54. The van der Waals surface area contributed by atoms with E-state index >= 15 is 0 Å². The molecule has 1 aliphatic heterocycles. The molecule has 4 aromatic rings. The quantitative estimate of drug-likeness (QED) is 0.269. The first-order valence-corrected chi connectivity index (χ1v) is 13.2. The third kappa shape index (κ3) is 5.71. The number of halogens is 1. The molecule has 0 atom stereocenters. The Hall–Kier alpha value is -3.36. The van der Waals surface area contributed by atoms with Gasteiger partial charge in [-0.1, -0.05) is 30.3 Å². The Morgan fingerprint density at radius 1 is 1.03 bits per heavy atom. The van der Waals surface area contributed by atoms with E-state index in [1.165, 1.54) is 23.5 Å². The number of carbonyl (C=O) groups is 2. The zero-order valence-electron chi connectivity index (χ0n) is 20.0. The van der Waals surface area contributed by atoms with Crippen LogP contribution in [0.1, 0.15) is 33.9 Å². The van der Waals surface area contributed by atoms with Crippen LogP contribution in [0.2, 0.25) is 0 Å². The van der Waals surface area contributed by atoms with E-state index in [0.717, 1.165) is 61.3 Å². The van der Waals surface area contributed by atoms with Crippen molar-refractivity contribution in [1.82, 2.24) is 19.8 Å². The molecule has 2 aromatic heterocycles. The molecule has 186 valence electrons. The van der Waals surface area contributed by atoms with Crippen LogP contribution >= 0.6 is 11.3 Å². The van der Waals surface area contributed by atoms with Crippen molar-refractivity contribution in [3.8, 4) is 0 Å². The number of piperidine rings is 1. The number of fused-ring (bicyclic) bond motifs is 1. The molecular weight excluding hydrogens is 475 g/mol. The fourth-order valence-electron chi connectivity index (χ4n) is 4.83. The van der Waals surface area contributed by atoms with Crippen LogP contribution in [0.4, 0.5) is 4.39 Å².